The van der Waals surface area contributed by atoms with Crippen molar-refractivity contribution in [3.8, 4) is 0 Å². The lowest BCUT2D eigenvalue weighted by atomic mass is 9.77. The van der Waals surface area contributed by atoms with E-state index in [-0.39, 0.29) is 11.8 Å². The van der Waals surface area contributed by atoms with Gasteiger partial charge in [-0.15, -0.1) is 0 Å². The van der Waals surface area contributed by atoms with Gasteiger partial charge >= 0.3 is 0 Å². The number of aldehydes is 1. The number of benzene rings is 1. The summed E-state index contributed by atoms with van der Waals surface area (Å²) in [5.74, 6) is -0.0976. The molecule has 0 radical (unpaired) electrons. The van der Waals surface area contributed by atoms with Crippen molar-refractivity contribution in [3.05, 3.63) is 48.0 Å². The Labute approximate surface area is 176 Å². The zero-order chi connectivity index (χ0) is 21.5. The van der Waals surface area contributed by atoms with Crippen molar-refractivity contribution in [1.29, 1.82) is 0 Å². The van der Waals surface area contributed by atoms with Crippen LogP contribution in [0.5, 0.6) is 0 Å². The molecule has 0 heterocycles. The fraction of sp³-hybridized carbons (Fsp3) is 0.640. The molecular weight excluding hydrogens is 364 g/mol. The van der Waals surface area contributed by atoms with Gasteiger partial charge in [-0.05, 0) is 75.7 Å². The Hall–Kier alpha value is -1.49. The van der Waals surface area contributed by atoms with Crippen molar-refractivity contribution in [1.82, 2.24) is 0 Å². The second-order valence-corrected chi connectivity index (χ2v) is 8.10. The van der Waals surface area contributed by atoms with Gasteiger partial charge in [0.1, 0.15) is 6.29 Å². The number of aliphatic hydroxyl groups is 3. The molecule has 0 aliphatic heterocycles. The van der Waals surface area contributed by atoms with Crippen LogP contribution in [-0.2, 0) is 11.2 Å². The molecule has 0 saturated heterocycles. The molecule has 0 bridgehead atoms. The standard InChI is InChI=1S/C25H40O4/c1-3-25(29)24(14-10-5-4-6-11-19-26)23(20(2)27)18-17-22(28)16-15-21-12-8-7-9-13-21/h5,7-10,12-13,19-20,22-25,27-29H,3-4,6,11,14-18H2,1-2H3/b10-5-/t20?,22?,23-,24+,25?/m0/s1. The maximum atomic E-state index is 10.5. The lowest BCUT2D eigenvalue weighted by Crippen LogP contribution is -2.34. The number of rotatable bonds is 16. The third-order valence-electron chi connectivity index (χ3n) is 5.79. The summed E-state index contributed by atoms with van der Waals surface area (Å²) in [6.45, 7) is 3.74. The monoisotopic (exact) mass is 404 g/mol. The average molecular weight is 405 g/mol. The minimum atomic E-state index is -0.536. The fourth-order valence-corrected chi connectivity index (χ4v) is 3.93. The number of carbonyl (C=O) groups excluding carboxylic acids is 1. The van der Waals surface area contributed by atoms with Gasteiger partial charge in [-0.3, -0.25) is 0 Å². The van der Waals surface area contributed by atoms with Crippen LogP contribution in [0.1, 0.15) is 70.8 Å². The van der Waals surface area contributed by atoms with E-state index in [1.54, 1.807) is 6.92 Å². The van der Waals surface area contributed by atoms with E-state index in [0.29, 0.717) is 38.5 Å². The van der Waals surface area contributed by atoms with Gasteiger partial charge in [0.05, 0.1) is 18.3 Å². The summed E-state index contributed by atoms with van der Waals surface area (Å²) >= 11 is 0. The summed E-state index contributed by atoms with van der Waals surface area (Å²) in [5.41, 5.74) is 1.22. The first-order chi connectivity index (χ1) is 14.0. The van der Waals surface area contributed by atoms with Gasteiger partial charge in [-0.25, -0.2) is 0 Å². The summed E-state index contributed by atoms with van der Waals surface area (Å²) in [7, 11) is 0. The van der Waals surface area contributed by atoms with Crippen LogP contribution in [0.2, 0.25) is 0 Å². The number of carbonyl (C=O) groups is 1. The lowest BCUT2D eigenvalue weighted by Gasteiger charge is -2.32. The lowest BCUT2D eigenvalue weighted by molar-refractivity contribution is -0.107. The summed E-state index contributed by atoms with van der Waals surface area (Å²) in [6.07, 6.45) is 10.1. The predicted molar refractivity (Wildman–Crippen MR) is 119 cm³/mol. The number of aryl methyl sites for hydroxylation is 1. The quantitative estimate of drug-likeness (QED) is 0.216. The molecule has 29 heavy (non-hydrogen) atoms. The van der Waals surface area contributed by atoms with Crippen LogP contribution >= 0.6 is 0 Å². The molecule has 0 aliphatic rings. The molecule has 4 heteroatoms. The molecule has 1 aromatic carbocycles. The summed E-state index contributed by atoms with van der Waals surface area (Å²) < 4.78 is 0. The molecule has 1 rings (SSSR count). The normalized spacial score (nSPS) is 17.0. The third-order valence-corrected chi connectivity index (χ3v) is 5.79. The van der Waals surface area contributed by atoms with Gasteiger partial charge in [-0.1, -0.05) is 49.4 Å². The highest BCUT2D eigenvalue weighted by atomic mass is 16.3. The van der Waals surface area contributed by atoms with E-state index in [2.05, 4.69) is 24.3 Å². The first-order valence-electron chi connectivity index (χ1n) is 11.2. The number of allylic oxidation sites excluding steroid dienone is 2. The van der Waals surface area contributed by atoms with E-state index in [4.69, 9.17) is 0 Å². The van der Waals surface area contributed by atoms with Gasteiger partial charge < -0.3 is 20.1 Å². The fourth-order valence-electron chi connectivity index (χ4n) is 3.93. The third kappa shape index (κ3) is 10.7. The molecule has 1 aromatic rings. The van der Waals surface area contributed by atoms with Crippen molar-refractivity contribution in [3.63, 3.8) is 0 Å². The Morgan fingerprint density at radius 1 is 0.931 bits per heavy atom. The molecule has 0 aromatic heterocycles. The van der Waals surface area contributed by atoms with Crippen LogP contribution in [0.4, 0.5) is 0 Å². The van der Waals surface area contributed by atoms with Gasteiger partial charge in [0.25, 0.3) is 0 Å². The smallest absolute Gasteiger partial charge is 0.120 e. The van der Waals surface area contributed by atoms with Crippen LogP contribution in [0.3, 0.4) is 0 Å². The molecule has 0 amide bonds. The zero-order valence-corrected chi connectivity index (χ0v) is 18.1. The molecule has 5 atom stereocenters. The van der Waals surface area contributed by atoms with Crippen LogP contribution in [0.15, 0.2) is 42.5 Å². The Bertz CT molecular complexity index is 555. The van der Waals surface area contributed by atoms with Crippen LogP contribution in [-0.4, -0.2) is 39.9 Å². The molecule has 0 saturated carbocycles. The van der Waals surface area contributed by atoms with Crippen molar-refractivity contribution in [2.45, 2.75) is 89.9 Å². The highest BCUT2D eigenvalue weighted by Crippen LogP contribution is 2.30. The second kappa shape index (κ2) is 15.4. The first kappa shape index (κ1) is 25.5. The number of unbranched alkanes of at least 4 members (excludes halogenated alkanes) is 2. The van der Waals surface area contributed by atoms with E-state index in [1.165, 1.54) is 5.56 Å². The molecule has 0 spiro atoms. The van der Waals surface area contributed by atoms with Crippen molar-refractivity contribution in [2.75, 3.05) is 0 Å². The number of aliphatic hydroxyl groups excluding tert-OH is 3. The first-order valence-corrected chi connectivity index (χ1v) is 11.2. The van der Waals surface area contributed by atoms with Crippen molar-refractivity contribution in [2.24, 2.45) is 11.8 Å². The summed E-state index contributed by atoms with van der Waals surface area (Å²) in [4.78, 5) is 10.4. The highest BCUT2D eigenvalue weighted by molar-refractivity contribution is 5.49. The summed E-state index contributed by atoms with van der Waals surface area (Å²) in [5, 5.41) is 31.3. The van der Waals surface area contributed by atoms with Gasteiger partial charge in [0.15, 0.2) is 0 Å². The Morgan fingerprint density at radius 3 is 2.28 bits per heavy atom. The minimum absolute atomic E-state index is 0.0383. The van der Waals surface area contributed by atoms with Crippen LogP contribution in [0.25, 0.3) is 0 Å². The Balaban J connectivity index is 2.58. The van der Waals surface area contributed by atoms with Gasteiger partial charge in [0, 0.05) is 6.42 Å². The van der Waals surface area contributed by atoms with Crippen LogP contribution < -0.4 is 0 Å². The van der Waals surface area contributed by atoms with E-state index in [9.17, 15) is 20.1 Å². The largest absolute Gasteiger partial charge is 0.393 e. The Kier molecular flexibility index (Phi) is 13.5. The minimum Gasteiger partial charge on any atom is -0.393 e. The molecule has 3 unspecified atom stereocenters. The van der Waals surface area contributed by atoms with Crippen LogP contribution in [0, 0.1) is 11.8 Å². The maximum Gasteiger partial charge on any atom is 0.120 e. The van der Waals surface area contributed by atoms with E-state index >= 15 is 0 Å². The molecular formula is C25H40O4. The molecule has 4 nitrogen and oxygen atoms in total. The van der Waals surface area contributed by atoms with Crippen molar-refractivity contribution < 1.29 is 20.1 Å². The molecule has 0 aliphatic carbocycles. The number of hydrogen-bond acceptors (Lipinski definition) is 4. The molecule has 3 N–H and O–H groups in total. The summed E-state index contributed by atoms with van der Waals surface area (Å²) in [6, 6.07) is 10.1. The molecule has 0 fully saturated rings. The van der Waals surface area contributed by atoms with Crippen molar-refractivity contribution >= 4 is 6.29 Å². The number of hydrogen-bond donors (Lipinski definition) is 3. The molecule has 164 valence electrons. The predicted octanol–water partition coefficient (Wildman–Crippen LogP) is 4.46. The second-order valence-electron chi connectivity index (χ2n) is 8.10. The SMILES string of the molecule is CCC(O)[C@H](C/C=C\CCCC=O)[C@@H](CCC(O)CCc1ccccc1)C(C)O. The topological polar surface area (TPSA) is 77.8 Å². The van der Waals surface area contributed by atoms with Gasteiger partial charge in [0.2, 0.25) is 0 Å². The van der Waals surface area contributed by atoms with E-state index in [0.717, 1.165) is 25.5 Å². The van der Waals surface area contributed by atoms with E-state index < -0.39 is 18.3 Å². The van der Waals surface area contributed by atoms with E-state index in [1.807, 2.05) is 25.1 Å². The highest BCUT2D eigenvalue weighted by Gasteiger charge is 2.30. The Morgan fingerprint density at radius 2 is 1.66 bits per heavy atom. The maximum absolute atomic E-state index is 10.5. The average Bonchev–Trinajstić information content (AvgIpc) is 2.73. The zero-order valence-electron chi connectivity index (χ0n) is 18.1. The van der Waals surface area contributed by atoms with Gasteiger partial charge in [-0.2, -0.15) is 0 Å².